The van der Waals surface area contributed by atoms with Crippen molar-refractivity contribution in [1.82, 2.24) is 4.90 Å². The van der Waals surface area contributed by atoms with Crippen LogP contribution < -0.4 is 0 Å². The summed E-state index contributed by atoms with van der Waals surface area (Å²) in [5.74, 6) is 1.78. The van der Waals surface area contributed by atoms with Gasteiger partial charge in [0.15, 0.2) is 0 Å². The van der Waals surface area contributed by atoms with Gasteiger partial charge in [-0.1, -0.05) is 170 Å². The van der Waals surface area contributed by atoms with Crippen molar-refractivity contribution in [1.29, 1.82) is 0 Å². The fraction of sp³-hybridized carbons (Fsp3) is 0.957. The van der Waals surface area contributed by atoms with Crippen molar-refractivity contribution < 1.29 is 19.4 Å². The molecule has 2 unspecified atom stereocenters. The van der Waals surface area contributed by atoms with Gasteiger partial charge in [0.25, 0.3) is 0 Å². The number of ether oxygens (including phenoxy) is 1. The standard InChI is InChI=1S/C40H79NO4.C6H14/c1-5-9-12-15-17-21-28-37(8-4)39(43)31-23-19-24-32-41(34-27-35-42)33-25-26-36-45-40(44)38(29-20-14-11-7-3)30-22-18-16-13-10-6-2;1-4-6(3)5-2/h37-38,42H,5-36H2,1-4H3;6H,4-5H2,1-3H3. The quantitative estimate of drug-likeness (QED) is 0.0507. The molecule has 306 valence electrons. The molecule has 5 nitrogen and oxygen atoms in total. The lowest BCUT2D eigenvalue weighted by Crippen LogP contribution is -2.28. The van der Waals surface area contributed by atoms with Crippen LogP contribution in [0.1, 0.15) is 235 Å². The topological polar surface area (TPSA) is 66.8 Å². The van der Waals surface area contributed by atoms with Crippen LogP contribution in [0, 0.1) is 17.8 Å². The molecule has 2 atom stereocenters. The molecule has 0 spiro atoms. The molecule has 0 aliphatic rings. The van der Waals surface area contributed by atoms with Crippen LogP contribution in [0.5, 0.6) is 0 Å². The van der Waals surface area contributed by atoms with Crippen LogP contribution in [0.2, 0.25) is 0 Å². The van der Waals surface area contributed by atoms with Crippen molar-refractivity contribution in [2.24, 2.45) is 17.8 Å². The maximum Gasteiger partial charge on any atom is 0.308 e. The maximum atomic E-state index is 12.9. The normalized spacial score (nSPS) is 12.6. The fourth-order valence-corrected chi connectivity index (χ4v) is 6.79. The van der Waals surface area contributed by atoms with Crippen LogP contribution in [0.15, 0.2) is 0 Å². The second-order valence-electron chi connectivity index (χ2n) is 15.8. The summed E-state index contributed by atoms with van der Waals surface area (Å²) in [6.45, 7) is 19.3. The number of unbranched alkanes of at least 4 members (excludes halogenated alkanes) is 16. The lowest BCUT2D eigenvalue weighted by molar-refractivity contribution is -0.149. The molecule has 0 aliphatic heterocycles. The SMILES string of the molecule is CCC(C)CC.CCCCCCCCC(CC)C(=O)CCCCCN(CCCO)CCCCOC(=O)C(CCCCCC)CCCCCCCC. The molecule has 0 amide bonds. The van der Waals surface area contributed by atoms with Crippen molar-refractivity contribution in [3.63, 3.8) is 0 Å². The molecule has 0 heterocycles. The summed E-state index contributed by atoms with van der Waals surface area (Å²) < 4.78 is 5.80. The molecule has 1 N–H and O–H groups in total. The number of Topliss-reactive ketones (excluding diaryl/α,β-unsaturated/α-hetero) is 1. The Labute approximate surface area is 320 Å². The predicted molar refractivity (Wildman–Crippen MR) is 224 cm³/mol. The first-order valence-electron chi connectivity index (χ1n) is 22.9. The summed E-state index contributed by atoms with van der Waals surface area (Å²) in [5.41, 5.74) is 0. The lowest BCUT2D eigenvalue weighted by Gasteiger charge is -2.22. The van der Waals surface area contributed by atoms with Gasteiger partial charge in [0, 0.05) is 25.5 Å². The largest absolute Gasteiger partial charge is 0.465 e. The van der Waals surface area contributed by atoms with Gasteiger partial charge >= 0.3 is 5.97 Å². The van der Waals surface area contributed by atoms with E-state index in [9.17, 15) is 14.7 Å². The Kier molecular flexibility index (Phi) is 42.8. The molecule has 0 aromatic carbocycles. The number of aliphatic hydroxyl groups excluding tert-OH is 1. The maximum absolute atomic E-state index is 12.9. The summed E-state index contributed by atoms with van der Waals surface area (Å²) >= 11 is 0. The molecule has 0 saturated carbocycles. The highest BCUT2D eigenvalue weighted by Gasteiger charge is 2.19. The minimum absolute atomic E-state index is 0.0315. The van der Waals surface area contributed by atoms with E-state index in [1.165, 1.54) is 103 Å². The predicted octanol–water partition coefficient (Wildman–Crippen LogP) is 13.7. The molecule has 0 rings (SSSR count). The summed E-state index contributed by atoms with van der Waals surface area (Å²) in [6.07, 6.45) is 33.4. The van der Waals surface area contributed by atoms with Gasteiger partial charge < -0.3 is 14.7 Å². The second-order valence-corrected chi connectivity index (χ2v) is 15.8. The van der Waals surface area contributed by atoms with Crippen LogP contribution in [-0.4, -0.2) is 54.6 Å². The van der Waals surface area contributed by atoms with E-state index < -0.39 is 0 Å². The smallest absolute Gasteiger partial charge is 0.308 e. The van der Waals surface area contributed by atoms with Crippen molar-refractivity contribution >= 4 is 11.8 Å². The Morgan fingerprint density at radius 2 is 0.941 bits per heavy atom. The van der Waals surface area contributed by atoms with Gasteiger partial charge in [-0.25, -0.2) is 0 Å². The molecule has 0 fully saturated rings. The Morgan fingerprint density at radius 1 is 0.510 bits per heavy atom. The number of hydrogen-bond acceptors (Lipinski definition) is 5. The zero-order valence-electron chi connectivity index (χ0n) is 35.9. The van der Waals surface area contributed by atoms with E-state index in [4.69, 9.17) is 4.74 Å². The number of carbonyl (C=O) groups is 2. The van der Waals surface area contributed by atoms with Gasteiger partial charge in [0.2, 0.25) is 0 Å². The molecule has 0 aromatic heterocycles. The van der Waals surface area contributed by atoms with Crippen LogP contribution in [0.4, 0.5) is 0 Å². The molecule has 51 heavy (non-hydrogen) atoms. The number of rotatable bonds is 38. The van der Waals surface area contributed by atoms with E-state index in [0.717, 1.165) is 109 Å². The van der Waals surface area contributed by atoms with E-state index in [1.807, 2.05) is 0 Å². The summed E-state index contributed by atoms with van der Waals surface area (Å²) in [6, 6.07) is 0. The molecule has 0 aliphatic carbocycles. The van der Waals surface area contributed by atoms with Crippen LogP contribution in [-0.2, 0) is 14.3 Å². The van der Waals surface area contributed by atoms with Gasteiger partial charge in [0.1, 0.15) is 5.78 Å². The first kappa shape index (κ1) is 52.2. The monoisotopic (exact) mass is 724 g/mol. The zero-order chi connectivity index (χ0) is 38.2. The van der Waals surface area contributed by atoms with Gasteiger partial charge in [-0.05, 0) is 76.8 Å². The Bertz CT molecular complexity index is 709. The van der Waals surface area contributed by atoms with Crippen LogP contribution >= 0.6 is 0 Å². The van der Waals surface area contributed by atoms with E-state index in [1.54, 1.807) is 0 Å². The Balaban J connectivity index is 0. The third kappa shape index (κ3) is 35.8. The first-order valence-corrected chi connectivity index (χ1v) is 22.9. The van der Waals surface area contributed by atoms with Crippen molar-refractivity contribution in [3.8, 4) is 0 Å². The highest BCUT2D eigenvalue weighted by molar-refractivity contribution is 5.80. The number of ketones is 1. The molecule has 0 saturated heterocycles. The number of nitrogens with zero attached hydrogens (tertiary/aromatic N) is 1. The molecule has 0 aromatic rings. The number of aliphatic hydroxyl groups is 1. The highest BCUT2D eigenvalue weighted by atomic mass is 16.5. The number of carbonyl (C=O) groups excluding carboxylic acids is 2. The van der Waals surface area contributed by atoms with E-state index >= 15 is 0 Å². The van der Waals surface area contributed by atoms with Gasteiger partial charge in [-0.15, -0.1) is 0 Å². The summed E-state index contributed by atoms with van der Waals surface area (Å²) in [4.78, 5) is 28.2. The molecule has 0 radical (unpaired) electrons. The second kappa shape index (κ2) is 41.8. The van der Waals surface area contributed by atoms with Crippen molar-refractivity contribution in [2.75, 3.05) is 32.8 Å². The first-order chi connectivity index (χ1) is 24.8. The third-order valence-corrected chi connectivity index (χ3v) is 11.0. The van der Waals surface area contributed by atoms with Crippen LogP contribution in [0.25, 0.3) is 0 Å². The molecule has 0 bridgehead atoms. The number of hydrogen-bond donors (Lipinski definition) is 1. The lowest BCUT2D eigenvalue weighted by atomic mass is 9.91. The summed E-state index contributed by atoms with van der Waals surface area (Å²) in [5, 5.41) is 9.38. The minimum Gasteiger partial charge on any atom is -0.465 e. The van der Waals surface area contributed by atoms with Crippen LogP contribution in [0.3, 0.4) is 0 Å². The van der Waals surface area contributed by atoms with E-state index in [-0.39, 0.29) is 24.4 Å². The average Bonchev–Trinajstić information content (AvgIpc) is 3.14. The minimum atomic E-state index is 0.0315. The molecular formula is C46H93NO4. The van der Waals surface area contributed by atoms with E-state index in [2.05, 4.69) is 53.4 Å². The molecular weight excluding hydrogens is 631 g/mol. The molecule has 5 heteroatoms. The highest BCUT2D eigenvalue weighted by Crippen LogP contribution is 2.21. The third-order valence-electron chi connectivity index (χ3n) is 11.0. The zero-order valence-corrected chi connectivity index (χ0v) is 35.9. The van der Waals surface area contributed by atoms with Gasteiger partial charge in [-0.3, -0.25) is 9.59 Å². The number of esters is 1. The van der Waals surface area contributed by atoms with Crippen molar-refractivity contribution in [3.05, 3.63) is 0 Å². The van der Waals surface area contributed by atoms with Gasteiger partial charge in [0.05, 0.1) is 12.5 Å². The fourth-order valence-electron chi connectivity index (χ4n) is 6.79. The Morgan fingerprint density at radius 3 is 1.41 bits per heavy atom. The van der Waals surface area contributed by atoms with Gasteiger partial charge in [-0.2, -0.15) is 0 Å². The van der Waals surface area contributed by atoms with E-state index in [0.29, 0.717) is 12.4 Å². The average molecular weight is 724 g/mol. The Hall–Kier alpha value is -0.940. The van der Waals surface area contributed by atoms with Crippen molar-refractivity contribution in [2.45, 2.75) is 235 Å². The summed E-state index contributed by atoms with van der Waals surface area (Å²) in [7, 11) is 0.